The minimum absolute atomic E-state index is 0.0458. The highest BCUT2D eigenvalue weighted by Gasteiger charge is 2.30. The number of nitrogens with zero attached hydrogens (tertiary/aromatic N) is 1. The number of methoxy groups -OCH3 is 1. The number of benzene rings is 2. The zero-order valence-corrected chi connectivity index (χ0v) is 20.1. The monoisotopic (exact) mass is 470 g/mol. The van der Waals surface area contributed by atoms with Crippen molar-refractivity contribution in [1.82, 2.24) is 10.2 Å². The lowest BCUT2D eigenvalue weighted by Crippen LogP contribution is -2.47. The number of hydrogen-bond donors (Lipinski definition) is 4. The van der Waals surface area contributed by atoms with E-state index in [2.05, 4.69) is 16.0 Å². The molecule has 0 saturated heterocycles. The molecule has 2 aromatic rings. The van der Waals surface area contributed by atoms with E-state index in [-0.39, 0.29) is 37.0 Å². The van der Waals surface area contributed by atoms with E-state index < -0.39 is 6.03 Å². The maximum atomic E-state index is 13.2. The Morgan fingerprint density at radius 1 is 1.21 bits per heavy atom. The fourth-order valence-electron chi connectivity index (χ4n) is 3.92. The first-order valence-electron chi connectivity index (χ1n) is 11.4. The second-order valence-electron chi connectivity index (χ2n) is 8.58. The normalized spacial score (nSPS) is 19.1. The van der Waals surface area contributed by atoms with Gasteiger partial charge >= 0.3 is 6.03 Å². The number of anilines is 2. The highest BCUT2D eigenvalue weighted by molar-refractivity contribution is 6.00. The van der Waals surface area contributed by atoms with Crippen LogP contribution in [0.3, 0.4) is 0 Å². The van der Waals surface area contributed by atoms with Crippen LogP contribution in [0.2, 0.25) is 0 Å². The van der Waals surface area contributed by atoms with Crippen LogP contribution in [0, 0.1) is 5.92 Å². The van der Waals surface area contributed by atoms with Gasteiger partial charge in [-0.3, -0.25) is 4.79 Å². The highest BCUT2D eigenvalue weighted by Crippen LogP contribution is 2.29. The number of carbonyl (C=O) groups excluding carboxylic acids is 2. The van der Waals surface area contributed by atoms with Crippen molar-refractivity contribution in [2.45, 2.75) is 32.4 Å². The van der Waals surface area contributed by atoms with Gasteiger partial charge in [0.05, 0.1) is 26.2 Å². The average Bonchev–Trinajstić information content (AvgIpc) is 2.87. The van der Waals surface area contributed by atoms with Crippen LogP contribution in [0.25, 0.3) is 0 Å². The van der Waals surface area contributed by atoms with Gasteiger partial charge in [0.15, 0.2) is 0 Å². The number of nitrogens with one attached hydrogen (secondary N) is 3. The maximum Gasteiger partial charge on any atom is 0.323 e. The fourth-order valence-corrected chi connectivity index (χ4v) is 3.92. The molecule has 2 aromatic carbocycles. The molecule has 0 saturated carbocycles. The van der Waals surface area contributed by atoms with E-state index in [1.807, 2.05) is 20.9 Å². The van der Waals surface area contributed by atoms with Crippen LogP contribution in [-0.2, 0) is 11.2 Å². The first-order valence-corrected chi connectivity index (χ1v) is 11.4. The predicted molar refractivity (Wildman–Crippen MR) is 132 cm³/mol. The summed E-state index contributed by atoms with van der Waals surface area (Å²) in [7, 11) is 3.44. The molecule has 4 N–H and O–H groups in total. The highest BCUT2D eigenvalue weighted by atomic mass is 16.5. The molecule has 1 aliphatic heterocycles. The van der Waals surface area contributed by atoms with Crippen LogP contribution >= 0.6 is 0 Å². The Morgan fingerprint density at radius 2 is 1.88 bits per heavy atom. The van der Waals surface area contributed by atoms with Crippen LogP contribution in [0.5, 0.6) is 11.5 Å². The summed E-state index contributed by atoms with van der Waals surface area (Å²) < 4.78 is 11.4. The Bertz CT molecular complexity index is 982. The van der Waals surface area contributed by atoms with Crippen molar-refractivity contribution in [2.24, 2.45) is 5.92 Å². The van der Waals surface area contributed by atoms with Crippen molar-refractivity contribution < 1.29 is 24.2 Å². The van der Waals surface area contributed by atoms with Crippen molar-refractivity contribution in [1.29, 1.82) is 0 Å². The van der Waals surface area contributed by atoms with E-state index in [9.17, 15) is 14.7 Å². The summed E-state index contributed by atoms with van der Waals surface area (Å²) in [5.74, 6) is 1.26. The second kappa shape index (κ2) is 11.7. The van der Waals surface area contributed by atoms with Crippen molar-refractivity contribution in [2.75, 3.05) is 44.5 Å². The molecular formula is C25H34N4O5. The minimum atomic E-state index is -0.405. The molecule has 0 bridgehead atoms. The molecule has 0 aromatic heterocycles. The second-order valence-corrected chi connectivity index (χ2v) is 8.58. The number of fused-ring (bicyclic) bond motifs is 1. The molecule has 3 amide bonds. The summed E-state index contributed by atoms with van der Waals surface area (Å²) in [5.41, 5.74) is 1.84. The van der Waals surface area contributed by atoms with Gasteiger partial charge in [-0.25, -0.2) is 4.79 Å². The number of aliphatic hydroxyl groups is 1. The summed E-state index contributed by atoms with van der Waals surface area (Å²) in [6, 6.07) is 11.6. The topological polar surface area (TPSA) is 112 Å². The molecule has 1 heterocycles. The van der Waals surface area contributed by atoms with E-state index in [4.69, 9.17) is 9.47 Å². The summed E-state index contributed by atoms with van der Waals surface area (Å²) in [6.45, 7) is 4.85. The molecule has 0 spiro atoms. The molecule has 0 unspecified atom stereocenters. The lowest BCUT2D eigenvalue weighted by Gasteiger charge is -2.32. The van der Waals surface area contributed by atoms with Crippen LogP contribution < -0.4 is 25.4 Å². The van der Waals surface area contributed by atoms with Crippen LogP contribution in [-0.4, -0.2) is 67.9 Å². The molecule has 0 radical (unpaired) electrons. The number of hydrogen-bond acceptors (Lipinski definition) is 6. The number of amides is 3. The maximum absolute atomic E-state index is 13.2. The Morgan fingerprint density at radius 3 is 2.53 bits per heavy atom. The minimum Gasteiger partial charge on any atom is -0.497 e. The van der Waals surface area contributed by atoms with Gasteiger partial charge in [0, 0.05) is 35.9 Å². The van der Waals surface area contributed by atoms with Crippen molar-refractivity contribution in [3.63, 3.8) is 0 Å². The lowest BCUT2D eigenvalue weighted by atomic mass is 10.0. The third-order valence-electron chi connectivity index (χ3n) is 5.93. The third kappa shape index (κ3) is 6.39. The number of urea groups is 1. The van der Waals surface area contributed by atoms with Gasteiger partial charge in [0.25, 0.3) is 0 Å². The summed E-state index contributed by atoms with van der Waals surface area (Å²) in [4.78, 5) is 27.4. The molecule has 3 atom stereocenters. The van der Waals surface area contributed by atoms with Gasteiger partial charge in [-0.2, -0.15) is 0 Å². The number of carbonyl (C=O) groups is 2. The van der Waals surface area contributed by atoms with Crippen molar-refractivity contribution in [3.05, 3.63) is 48.0 Å². The third-order valence-corrected chi connectivity index (χ3v) is 5.93. The van der Waals surface area contributed by atoms with Crippen molar-refractivity contribution in [3.8, 4) is 11.5 Å². The molecule has 34 heavy (non-hydrogen) atoms. The van der Waals surface area contributed by atoms with Crippen LogP contribution in [0.15, 0.2) is 42.5 Å². The Balaban J connectivity index is 1.81. The molecule has 184 valence electrons. The van der Waals surface area contributed by atoms with Gasteiger partial charge in [-0.05, 0) is 56.4 Å². The molecule has 0 aliphatic carbocycles. The fraction of sp³-hybridized carbons (Fsp3) is 0.440. The summed E-state index contributed by atoms with van der Waals surface area (Å²) >= 11 is 0. The van der Waals surface area contributed by atoms with E-state index in [0.717, 1.165) is 0 Å². The quantitative estimate of drug-likeness (QED) is 0.495. The van der Waals surface area contributed by atoms with Crippen LogP contribution in [0.4, 0.5) is 16.2 Å². The van der Waals surface area contributed by atoms with Gasteiger partial charge in [0.1, 0.15) is 17.6 Å². The Labute approximate surface area is 200 Å². The number of rotatable bonds is 7. The molecular weight excluding hydrogens is 436 g/mol. The standard InChI is InChI=1S/C25H34N4O5/c1-16-14-29(17(2)15-30)24(31)12-18-11-20(7-10-22(18)34-23(16)13-26-3)28-25(32)27-19-5-8-21(33-4)9-6-19/h5-11,16-17,23,26,30H,12-15H2,1-4H3,(H2,27,28,32)/t16-,17+,23-/m0/s1. The van der Waals surface area contributed by atoms with Crippen molar-refractivity contribution >= 4 is 23.3 Å². The summed E-state index contributed by atoms with van der Waals surface area (Å²) in [6.07, 6.45) is -0.0610. The molecule has 9 heteroatoms. The first kappa shape index (κ1) is 25.3. The van der Waals surface area contributed by atoms with E-state index in [1.54, 1.807) is 54.5 Å². The van der Waals surface area contributed by atoms with E-state index in [1.165, 1.54) is 0 Å². The Hall–Kier alpha value is -3.30. The smallest absolute Gasteiger partial charge is 0.323 e. The van der Waals surface area contributed by atoms with E-state index >= 15 is 0 Å². The predicted octanol–water partition coefficient (Wildman–Crippen LogP) is 2.71. The number of likely N-dealkylation sites (N-methyl/N-ethyl adjacent to an activating group) is 1. The van der Waals surface area contributed by atoms with Gasteiger partial charge in [-0.1, -0.05) is 6.92 Å². The SMILES string of the molecule is CNC[C@@H]1Oc2ccc(NC(=O)Nc3ccc(OC)cc3)cc2CC(=O)N([C@H](C)CO)C[C@@H]1C. The lowest BCUT2D eigenvalue weighted by molar-refractivity contribution is -0.134. The van der Waals surface area contributed by atoms with E-state index in [0.29, 0.717) is 41.5 Å². The van der Waals surface area contributed by atoms with Gasteiger partial charge in [-0.15, -0.1) is 0 Å². The zero-order chi connectivity index (χ0) is 24.7. The van der Waals surface area contributed by atoms with Gasteiger partial charge < -0.3 is 35.4 Å². The number of ether oxygens (including phenoxy) is 2. The largest absolute Gasteiger partial charge is 0.497 e. The van der Waals surface area contributed by atoms with Crippen LogP contribution in [0.1, 0.15) is 19.4 Å². The zero-order valence-electron chi connectivity index (χ0n) is 20.1. The van der Waals surface area contributed by atoms with Gasteiger partial charge in [0.2, 0.25) is 5.91 Å². The molecule has 1 aliphatic rings. The number of aliphatic hydroxyl groups excluding tert-OH is 1. The molecule has 9 nitrogen and oxygen atoms in total. The first-order chi connectivity index (χ1) is 16.3. The molecule has 0 fully saturated rings. The Kier molecular flexibility index (Phi) is 8.72. The average molecular weight is 471 g/mol. The summed E-state index contributed by atoms with van der Waals surface area (Å²) in [5, 5.41) is 18.4. The molecule has 3 rings (SSSR count).